The van der Waals surface area contributed by atoms with Crippen LogP contribution in [0, 0.1) is 0 Å². The van der Waals surface area contributed by atoms with Gasteiger partial charge in [0.2, 0.25) is 0 Å². The second kappa shape index (κ2) is 5.14. The molecule has 0 aliphatic rings. The molecule has 1 atom stereocenters. The van der Waals surface area contributed by atoms with E-state index in [0.29, 0.717) is 5.57 Å². The van der Waals surface area contributed by atoms with Crippen molar-refractivity contribution in [1.82, 2.24) is 9.55 Å². The Morgan fingerprint density at radius 3 is 2.58 bits per heavy atom. The van der Waals surface area contributed by atoms with Crippen LogP contribution in [0.3, 0.4) is 0 Å². The molecule has 0 bridgehead atoms. The first-order valence-electron chi connectivity index (χ1n) is 6.09. The van der Waals surface area contributed by atoms with Crippen LogP contribution in [0.15, 0.2) is 36.7 Å². The summed E-state index contributed by atoms with van der Waals surface area (Å²) in [6, 6.07) is 7.63. The highest BCUT2D eigenvalue weighted by Gasteiger charge is 2.41. The Bertz CT molecular complexity index is 599. The summed E-state index contributed by atoms with van der Waals surface area (Å²) in [7, 11) is 0.0290. The fourth-order valence-corrected chi connectivity index (χ4v) is 2.90. The van der Waals surface area contributed by atoms with Gasteiger partial charge in [-0.15, -0.1) is 0 Å². The zero-order valence-corrected chi connectivity index (χ0v) is 12.5. The van der Waals surface area contributed by atoms with Crippen LogP contribution >= 0.6 is 7.80 Å². The van der Waals surface area contributed by atoms with E-state index >= 15 is 0 Å². The molecule has 0 N–H and O–H groups in total. The maximum absolute atomic E-state index is 12.5. The van der Waals surface area contributed by atoms with Crippen molar-refractivity contribution in [2.45, 2.75) is 25.9 Å². The third-order valence-electron chi connectivity index (χ3n) is 2.76. The molecular weight excluding hydrogens is 259 g/mol. The van der Waals surface area contributed by atoms with E-state index in [4.69, 9.17) is 4.74 Å². The number of rotatable bonds is 3. The summed E-state index contributed by atoms with van der Waals surface area (Å²) in [5, 5.41) is -0.319. The molecule has 2 rings (SSSR count). The molecule has 5 heteroatoms. The first-order valence-corrected chi connectivity index (χ1v) is 7.35. The predicted molar refractivity (Wildman–Crippen MR) is 77.1 cm³/mol. The van der Waals surface area contributed by atoms with Crippen molar-refractivity contribution < 1.29 is 9.30 Å². The van der Waals surface area contributed by atoms with Crippen LogP contribution in [0.1, 0.15) is 20.8 Å². The highest BCUT2D eigenvalue weighted by molar-refractivity contribution is 7.54. The Morgan fingerprint density at radius 2 is 1.95 bits per heavy atom. The van der Waals surface area contributed by atoms with Crippen LogP contribution in [0.2, 0.25) is 0 Å². The van der Waals surface area contributed by atoms with E-state index in [9.17, 15) is 4.57 Å². The van der Waals surface area contributed by atoms with Gasteiger partial charge in [0.15, 0.2) is 5.16 Å². The summed E-state index contributed by atoms with van der Waals surface area (Å²) < 4.78 is 19.7. The van der Waals surface area contributed by atoms with Gasteiger partial charge >= 0.3 is 13.4 Å². The number of aromatic nitrogens is 2. The van der Waals surface area contributed by atoms with Gasteiger partial charge in [0.25, 0.3) is 0 Å². The van der Waals surface area contributed by atoms with Crippen LogP contribution in [0.5, 0.6) is 5.75 Å². The van der Waals surface area contributed by atoms with E-state index in [0.717, 1.165) is 11.4 Å². The molecule has 0 fully saturated rings. The van der Waals surface area contributed by atoms with Gasteiger partial charge in [-0.2, -0.15) is 4.98 Å². The Kier molecular flexibility index (Phi) is 3.72. The van der Waals surface area contributed by atoms with Crippen LogP contribution in [-0.4, -0.2) is 21.8 Å². The molecule has 1 aromatic carbocycles. The second-order valence-electron chi connectivity index (χ2n) is 5.23. The summed E-state index contributed by atoms with van der Waals surface area (Å²) in [4.78, 5) is 4.26. The van der Waals surface area contributed by atoms with E-state index in [1.165, 1.54) is 0 Å². The number of ether oxygens (including phenoxy) is 1. The minimum absolute atomic E-state index is 0.319. The third-order valence-corrected chi connectivity index (χ3v) is 4.67. The van der Waals surface area contributed by atoms with Crippen molar-refractivity contribution in [3.63, 3.8) is 0 Å². The zero-order valence-electron chi connectivity index (χ0n) is 11.6. The normalized spacial score (nSPS) is 12.3. The van der Waals surface area contributed by atoms with Crippen molar-refractivity contribution in [2.24, 2.45) is 0 Å². The molecule has 0 radical (unpaired) electrons. The average Bonchev–Trinajstić information content (AvgIpc) is 2.85. The maximum Gasteiger partial charge on any atom is 0.422 e. The van der Waals surface area contributed by atoms with E-state index < -0.39 is 7.80 Å². The molecule has 0 spiro atoms. The summed E-state index contributed by atoms with van der Waals surface area (Å²) in [5.41, 5.74) is 1.43. The lowest BCUT2D eigenvalue weighted by molar-refractivity contribution is 0.413. The van der Waals surface area contributed by atoms with Crippen LogP contribution in [-0.2, 0) is 4.57 Å². The molecule has 1 heterocycles. The summed E-state index contributed by atoms with van der Waals surface area (Å²) in [5.74, 6) is 0.735. The lowest BCUT2D eigenvalue weighted by Crippen LogP contribution is -2.22. The van der Waals surface area contributed by atoms with E-state index in [1.807, 2.05) is 55.8 Å². The first kappa shape index (κ1) is 13.8. The molecule has 100 valence electrons. The van der Waals surface area contributed by atoms with Gasteiger partial charge in [-0.25, -0.2) is 0 Å². The summed E-state index contributed by atoms with van der Waals surface area (Å²) >= 11 is 0. The highest BCUT2D eigenvalue weighted by atomic mass is 31.1. The van der Waals surface area contributed by atoms with Crippen molar-refractivity contribution in [2.75, 3.05) is 7.11 Å². The van der Waals surface area contributed by atoms with Gasteiger partial charge in [-0.05, 0) is 32.9 Å². The molecule has 0 saturated carbocycles. The number of para-hydroxylation sites is 2. The number of hydrogen-bond donors (Lipinski definition) is 0. The summed E-state index contributed by atoms with van der Waals surface area (Å²) in [6.07, 6.45) is 3.48. The van der Waals surface area contributed by atoms with Gasteiger partial charge in [0.05, 0.1) is 19.0 Å². The minimum Gasteiger partial charge on any atom is -0.495 e. The fourth-order valence-electron chi connectivity index (χ4n) is 1.76. The standard InChI is InChI=1S/C14H18N2O2P/c1-14(2,3)19(17)13-15-9-10-16(13)11-7-5-6-8-12(11)18-4/h5-10H,1-4H3/q+1. The van der Waals surface area contributed by atoms with Gasteiger partial charge in [0.1, 0.15) is 5.75 Å². The number of nitrogens with zero attached hydrogens (tertiary/aromatic N) is 2. The molecule has 0 aliphatic heterocycles. The smallest absolute Gasteiger partial charge is 0.422 e. The molecule has 0 amide bonds. The SMILES string of the molecule is COc1ccccc1-n1ccnc1[P+](=O)C(C)(C)C. The second-order valence-corrected chi connectivity index (χ2v) is 7.56. The number of methoxy groups -OCH3 is 1. The molecule has 2 aromatic rings. The lowest BCUT2D eigenvalue weighted by Gasteiger charge is -2.10. The van der Waals surface area contributed by atoms with Crippen molar-refractivity contribution in [1.29, 1.82) is 0 Å². The molecule has 1 unspecified atom stereocenters. The van der Waals surface area contributed by atoms with Crippen molar-refractivity contribution in [3.8, 4) is 11.4 Å². The Balaban J connectivity index is 2.54. The highest BCUT2D eigenvalue weighted by Crippen LogP contribution is 2.37. The zero-order chi connectivity index (χ0) is 14.0. The van der Waals surface area contributed by atoms with E-state index in [2.05, 4.69) is 4.98 Å². The Morgan fingerprint density at radius 1 is 1.26 bits per heavy atom. The monoisotopic (exact) mass is 277 g/mol. The fraction of sp³-hybridized carbons (Fsp3) is 0.357. The Labute approximate surface area is 114 Å². The molecule has 0 saturated heterocycles. The van der Waals surface area contributed by atoms with Crippen LogP contribution in [0.4, 0.5) is 0 Å². The number of hydrogen-bond acceptors (Lipinski definition) is 3. The predicted octanol–water partition coefficient (Wildman–Crippen LogP) is 3.13. The third kappa shape index (κ3) is 2.69. The van der Waals surface area contributed by atoms with Gasteiger partial charge in [-0.3, -0.25) is 4.57 Å². The Hall–Kier alpha value is -1.67. The lowest BCUT2D eigenvalue weighted by atomic mass is 10.3. The molecule has 1 aromatic heterocycles. The molecular formula is C14H18N2O2P+. The number of imidazole rings is 1. The minimum atomic E-state index is -1.60. The van der Waals surface area contributed by atoms with E-state index in [-0.39, 0.29) is 5.16 Å². The molecule has 4 nitrogen and oxygen atoms in total. The van der Waals surface area contributed by atoms with E-state index in [1.54, 1.807) is 13.3 Å². The largest absolute Gasteiger partial charge is 0.495 e. The van der Waals surface area contributed by atoms with Crippen LogP contribution in [0.25, 0.3) is 5.69 Å². The van der Waals surface area contributed by atoms with Gasteiger partial charge < -0.3 is 4.74 Å². The average molecular weight is 277 g/mol. The van der Waals surface area contributed by atoms with Crippen molar-refractivity contribution in [3.05, 3.63) is 36.7 Å². The van der Waals surface area contributed by atoms with Crippen molar-refractivity contribution >= 4 is 13.4 Å². The molecule has 0 aliphatic carbocycles. The first-order chi connectivity index (χ1) is 8.95. The van der Waals surface area contributed by atoms with Gasteiger partial charge in [-0.1, -0.05) is 16.7 Å². The molecule has 19 heavy (non-hydrogen) atoms. The topological polar surface area (TPSA) is 44.1 Å². The quantitative estimate of drug-likeness (QED) is 0.810. The number of benzene rings is 1. The maximum atomic E-state index is 12.5. The summed E-state index contributed by atoms with van der Waals surface area (Å²) in [6.45, 7) is 5.85. The van der Waals surface area contributed by atoms with Gasteiger partial charge in [0, 0.05) is 6.20 Å². The van der Waals surface area contributed by atoms with Crippen LogP contribution < -0.4 is 10.3 Å².